The molecule has 1 amide bonds. The van der Waals surface area contributed by atoms with Crippen molar-refractivity contribution < 1.29 is 18.7 Å². The molecule has 0 bridgehead atoms. The molecule has 1 aromatic heterocycles. The van der Waals surface area contributed by atoms with Crippen LogP contribution in [0.25, 0.3) is 0 Å². The Hall–Kier alpha value is -3.22. The normalized spacial score (nSPS) is 11.0. The van der Waals surface area contributed by atoms with Gasteiger partial charge in [0.1, 0.15) is 28.8 Å². The van der Waals surface area contributed by atoms with Crippen molar-refractivity contribution in [2.45, 2.75) is 26.3 Å². The third kappa shape index (κ3) is 4.13. The SMILES string of the molecule is CC(C)c1nccn1Cc1cccc(NC(=O)c2c(O)cc(F)cc2F)c1. The predicted octanol–water partition coefficient (Wildman–Crippen LogP) is 4.29. The molecule has 0 atom stereocenters. The van der Waals surface area contributed by atoms with Gasteiger partial charge in [-0.25, -0.2) is 13.8 Å². The fourth-order valence-electron chi connectivity index (χ4n) is 2.88. The summed E-state index contributed by atoms with van der Waals surface area (Å²) < 4.78 is 28.9. The van der Waals surface area contributed by atoms with E-state index >= 15 is 0 Å². The van der Waals surface area contributed by atoms with Crippen LogP contribution in [0.5, 0.6) is 5.75 Å². The standard InChI is InChI=1S/C20H19F2N3O2/c1-12(2)19-23-6-7-25(19)11-13-4-3-5-15(8-13)24-20(27)18-16(22)9-14(21)10-17(18)26/h3-10,12,26H,11H2,1-2H3,(H,24,27). The Morgan fingerprint density at radius 3 is 2.74 bits per heavy atom. The summed E-state index contributed by atoms with van der Waals surface area (Å²) in [6.07, 6.45) is 3.62. The predicted molar refractivity (Wildman–Crippen MR) is 97.8 cm³/mol. The van der Waals surface area contributed by atoms with Gasteiger partial charge in [-0.1, -0.05) is 26.0 Å². The van der Waals surface area contributed by atoms with E-state index in [0.717, 1.165) is 11.4 Å². The highest BCUT2D eigenvalue weighted by Crippen LogP contribution is 2.24. The largest absolute Gasteiger partial charge is 0.507 e. The smallest absolute Gasteiger partial charge is 0.262 e. The molecular formula is C20H19F2N3O2. The number of halogens is 2. The molecule has 5 nitrogen and oxygen atoms in total. The number of hydrogen-bond donors (Lipinski definition) is 2. The van der Waals surface area contributed by atoms with Gasteiger partial charge < -0.3 is 15.0 Å². The Labute approximate surface area is 155 Å². The molecule has 27 heavy (non-hydrogen) atoms. The summed E-state index contributed by atoms with van der Waals surface area (Å²) in [5.41, 5.74) is 0.752. The maximum absolute atomic E-state index is 13.8. The fraction of sp³-hybridized carbons (Fsp3) is 0.200. The van der Waals surface area contributed by atoms with Gasteiger partial charge in [0.15, 0.2) is 0 Å². The fourth-order valence-corrected chi connectivity index (χ4v) is 2.88. The number of carbonyl (C=O) groups is 1. The highest BCUT2D eigenvalue weighted by atomic mass is 19.1. The van der Waals surface area contributed by atoms with Gasteiger partial charge in [0.25, 0.3) is 5.91 Å². The number of nitrogens with zero attached hydrogens (tertiary/aromatic N) is 2. The molecule has 0 aliphatic rings. The van der Waals surface area contributed by atoms with Gasteiger partial charge in [0.05, 0.1) is 0 Å². The minimum Gasteiger partial charge on any atom is -0.507 e. The lowest BCUT2D eigenvalue weighted by atomic mass is 10.1. The Kier molecular flexibility index (Phi) is 5.21. The third-order valence-electron chi connectivity index (χ3n) is 4.06. The van der Waals surface area contributed by atoms with Gasteiger partial charge in [-0.3, -0.25) is 4.79 Å². The molecular weight excluding hydrogens is 352 g/mol. The van der Waals surface area contributed by atoms with E-state index in [4.69, 9.17) is 0 Å². The Morgan fingerprint density at radius 2 is 2.04 bits per heavy atom. The summed E-state index contributed by atoms with van der Waals surface area (Å²) in [5.74, 6) is -2.46. The lowest BCUT2D eigenvalue weighted by Crippen LogP contribution is -2.14. The topological polar surface area (TPSA) is 67.2 Å². The third-order valence-corrected chi connectivity index (χ3v) is 4.06. The number of phenols is 1. The minimum absolute atomic E-state index is 0.271. The number of rotatable bonds is 5. The van der Waals surface area contributed by atoms with Gasteiger partial charge >= 0.3 is 0 Å². The van der Waals surface area contributed by atoms with Crippen molar-refractivity contribution in [2.24, 2.45) is 0 Å². The minimum atomic E-state index is -1.12. The van der Waals surface area contributed by atoms with Crippen molar-refractivity contribution in [3.8, 4) is 5.75 Å². The van der Waals surface area contributed by atoms with E-state index in [1.807, 2.05) is 16.8 Å². The molecule has 140 valence electrons. The van der Waals surface area contributed by atoms with Crippen molar-refractivity contribution in [3.63, 3.8) is 0 Å². The molecule has 0 saturated heterocycles. The van der Waals surface area contributed by atoms with Crippen LogP contribution in [0.15, 0.2) is 48.8 Å². The molecule has 0 unspecified atom stereocenters. The van der Waals surface area contributed by atoms with E-state index in [1.165, 1.54) is 0 Å². The lowest BCUT2D eigenvalue weighted by molar-refractivity contribution is 0.102. The first-order valence-corrected chi connectivity index (χ1v) is 8.44. The summed E-state index contributed by atoms with van der Waals surface area (Å²) in [4.78, 5) is 16.6. The van der Waals surface area contributed by atoms with Crippen LogP contribution in [0.1, 0.15) is 41.5 Å². The number of amides is 1. The van der Waals surface area contributed by atoms with Crippen molar-refractivity contribution in [1.29, 1.82) is 0 Å². The second kappa shape index (κ2) is 7.57. The lowest BCUT2D eigenvalue weighted by Gasteiger charge is -2.12. The van der Waals surface area contributed by atoms with E-state index in [1.54, 1.807) is 24.4 Å². The van der Waals surface area contributed by atoms with Crippen molar-refractivity contribution >= 4 is 11.6 Å². The number of imidazole rings is 1. The zero-order valence-corrected chi connectivity index (χ0v) is 14.9. The molecule has 0 saturated carbocycles. The van der Waals surface area contributed by atoms with Crippen LogP contribution in [0.4, 0.5) is 14.5 Å². The summed E-state index contributed by atoms with van der Waals surface area (Å²) in [5, 5.41) is 12.2. The number of phenolic OH excluding ortho intramolecular Hbond substituents is 1. The van der Waals surface area contributed by atoms with E-state index in [2.05, 4.69) is 24.1 Å². The average molecular weight is 371 g/mol. The first kappa shape index (κ1) is 18.6. The molecule has 0 spiro atoms. The summed E-state index contributed by atoms with van der Waals surface area (Å²) in [6, 6.07) is 8.31. The molecule has 3 aromatic rings. The average Bonchev–Trinajstić information content (AvgIpc) is 3.02. The van der Waals surface area contributed by atoms with Crippen LogP contribution >= 0.6 is 0 Å². The highest BCUT2D eigenvalue weighted by molar-refractivity contribution is 6.06. The number of carbonyl (C=O) groups excluding carboxylic acids is 1. The number of nitrogens with one attached hydrogen (secondary N) is 1. The molecule has 2 N–H and O–H groups in total. The van der Waals surface area contributed by atoms with E-state index in [-0.39, 0.29) is 5.92 Å². The Bertz CT molecular complexity index is 960. The summed E-state index contributed by atoms with van der Waals surface area (Å²) in [6.45, 7) is 4.67. The maximum atomic E-state index is 13.8. The molecule has 0 aliphatic heterocycles. The number of aromatic hydroxyl groups is 1. The van der Waals surface area contributed by atoms with Gasteiger partial charge in [-0.15, -0.1) is 0 Å². The molecule has 0 aliphatic carbocycles. The Balaban J connectivity index is 1.80. The molecule has 1 heterocycles. The second-order valence-electron chi connectivity index (χ2n) is 6.50. The molecule has 3 rings (SSSR count). The molecule has 0 fully saturated rings. The van der Waals surface area contributed by atoms with E-state index in [9.17, 15) is 18.7 Å². The molecule has 7 heteroatoms. The van der Waals surface area contributed by atoms with Crippen molar-refractivity contribution in [2.75, 3.05) is 5.32 Å². The summed E-state index contributed by atoms with van der Waals surface area (Å²) >= 11 is 0. The first-order valence-electron chi connectivity index (χ1n) is 8.44. The van der Waals surface area contributed by atoms with Crippen LogP contribution in [-0.2, 0) is 6.54 Å². The zero-order chi connectivity index (χ0) is 19.6. The van der Waals surface area contributed by atoms with Gasteiger partial charge in [0, 0.05) is 42.7 Å². The van der Waals surface area contributed by atoms with Crippen LogP contribution in [0.2, 0.25) is 0 Å². The van der Waals surface area contributed by atoms with Crippen LogP contribution in [0.3, 0.4) is 0 Å². The molecule has 2 aromatic carbocycles. The monoisotopic (exact) mass is 371 g/mol. The van der Waals surface area contributed by atoms with Crippen molar-refractivity contribution in [3.05, 3.63) is 77.4 Å². The van der Waals surface area contributed by atoms with E-state index in [0.29, 0.717) is 24.4 Å². The Morgan fingerprint density at radius 1 is 1.26 bits per heavy atom. The van der Waals surface area contributed by atoms with Crippen LogP contribution in [0, 0.1) is 11.6 Å². The van der Waals surface area contributed by atoms with Crippen molar-refractivity contribution in [1.82, 2.24) is 9.55 Å². The number of benzene rings is 2. The van der Waals surface area contributed by atoms with Gasteiger partial charge in [-0.05, 0) is 17.7 Å². The van der Waals surface area contributed by atoms with Crippen LogP contribution in [-0.4, -0.2) is 20.6 Å². The first-order chi connectivity index (χ1) is 12.8. The molecule has 0 radical (unpaired) electrons. The highest BCUT2D eigenvalue weighted by Gasteiger charge is 2.19. The zero-order valence-electron chi connectivity index (χ0n) is 14.9. The van der Waals surface area contributed by atoms with Gasteiger partial charge in [0.2, 0.25) is 0 Å². The van der Waals surface area contributed by atoms with Crippen LogP contribution < -0.4 is 5.32 Å². The summed E-state index contributed by atoms with van der Waals surface area (Å²) in [7, 11) is 0. The number of aromatic nitrogens is 2. The van der Waals surface area contributed by atoms with E-state index < -0.39 is 28.9 Å². The maximum Gasteiger partial charge on any atom is 0.262 e. The number of hydrogen-bond acceptors (Lipinski definition) is 3. The van der Waals surface area contributed by atoms with Gasteiger partial charge in [-0.2, -0.15) is 0 Å². The number of anilines is 1. The second-order valence-corrected chi connectivity index (χ2v) is 6.50. The quantitative estimate of drug-likeness (QED) is 0.703.